The molecule has 0 saturated carbocycles. The van der Waals surface area contributed by atoms with Gasteiger partial charge in [0.05, 0.1) is 0 Å². The van der Waals surface area contributed by atoms with Crippen LogP contribution in [0.1, 0.15) is 58.4 Å². The Morgan fingerprint density at radius 1 is 1.08 bits per heavy atom. The van der Waals surface area contributed by atoms with Crippen LogP contribution in [0.4, 0.5) is 4.79 Å². The second-order valence-electron chi connectivity index (χ2n) is 8.44. The molecule has 142 valence electrons. The second kappa shape index (κ2) is 7.29. The van der Waals surface area contributed by atoms with Crippen molar-refractivity contribution in [1.82, 2.24) is 9.80 Å². The summed E-state index contributed by atoms with van der Waals surface area (Å²) >= 11 is 0. The zero-order valence-electron chi connectivity index (χ0n) is 16.2. The number of hydrogen-bond acceptors (Lipinski definition) is 3. The van der Waals surface area contributed by atoms with Crippen LogP contribution < -0.4 is 0 Å². The Morgan fingerprint density at radius 2 is 1.77 bits per heavy atom. The van der Waals surface area contributed by atoms with Gasteiger partial charge in [0.25, 0.3) is 0 Å². The van der Waals surface area contributed by atoms with E-state index in [1.807, 2.05) is 56.0 Å². The highest BCUT2D eigenvalue weighted by Gasteiger charge is 2.52. The average Bonchev–Trinajstić information content (AvgIpc) is 2.95. The van der Waals surface area contributed by atoms with Gasteiger partial charge in [-0.15, -0.1) is 0 Å². The van der Waals surface area contributed by atoms with Crippen LogP contribution in [0.2, 0.25) is 0 Å². The van der Waals surface area contributed by atoms with E-state index in [1.165, 1.54) is 0 Å². The summed E-state index contributed by atoms with van der Waals surface area (Å²) in [6, 6.07) is 10.1. The van der Waals surface area contributed by atoms with Crippen molar-refractivity contribution < 1.29 is 14.3 Å². The van der Waals surface area contributed by atoms with E-state index < -0.39 is 11.1 Å². The Labute approximate surface area is 156 Å². The molecular weight excluding hydrogens is 328 g/mol. The standard InChI is InChI=1S/C21H30N2O3/c1-20(2,3)26-19(25)23-15-9-13-21(23)12-7-8-14-22(18(21)24)16-17-10-5-4-6-11-17/h4-6,10-11H,7-9,12-16H2,1-3H3/t21-/m0/s1. The Balaban J connectivity index is 1.83. The lowest BCUT2D eigenvalue weighted by molar-refractivity contribution is -0.142. The van der Waals surface area contributed by atoms with Gasteiger partial charge in [-0.2, -0.15) is 0 Å². The van der Waals surface area contributed by atoms with Gasteiger partial charge in [-0.25, -0.2) is 4.79 Å². The minimum Gasteiger partial charge on any atom is -0.444 e. The molecule has 0 radical (unpaired) electrons. The van der Waals surface area contributed by atoms with Crippen molar-refractivity contribution in [1.29, 1.82) is 0 Å². The van der Waals surface area contributed by atoms with Crippen LogP contribution in [-0.4, -0.2) is 46.0 Å². The molecule has 0 N–H and O–H groups in total. The zero-order chi connectivity index (χ0) is 18.8. The third kappa shape index (κ3) is 3.87. The average molecular weight is 358 g/mol. The molecule has 2 aliphatic rings. The molecule has 0 aliphatic carbocycles. The highest BCUT2D eigenvalue weighted by molar-refractivity contribution is 5.91. The van der Waals surface area contributed by atoms with E-state index in [9.17, 15) is 9.59 Å². The van der Waals surface area contributed by atoms with E-state index in [1.54, 1.807) is 4.90 Å². The van der Waals surface area contributed by atoms with Gasteiger partial charge in [0.15, 0.2) is 0 Å². The predicted molar refractivity (Wildman–Crippen MR) is 101 cm³/mol. The van der Waals surface area contributed by atoms with Gasteiger partial charge in [0.2, 0.25) is 5.91 Å². The molecule has 2 amide bonds. The largest absolute Gasteiger partial charge is 0.444 e. The van der Waals surface area contributed by atoms with Gasteiger partial charge in [0, 0.05) is 19.6 Å². The number of nitrogens with zero attached hydrogens (tertiary/aromatic N) is 2. The van der Waals surface area contributed by atoms with Crippen LogP contribution in [0.15, 0.2) is 30.3 Å². The van der Waals surface area contributed by atoms with Crippen molar-refractivity contribution in [3.8, 4) is 0 Å². The number of carbonyl (C=O) groups is 2. The fraction of sp³-hybridized carbons (Fsp3) is 0.619. The first-order valence-electron chi connectivity index (χ1n) is 9.66. The van der Waals surface area contributed by atoms with E-state index in [0.717, 1.165) is 44.2 Å². The van der Waals surface area contributed by atoms with Gasteiger partial charge in [-0.3, -0.25) is 9.69 Å². The summed E-state index contributed by atoms with van der Waals surface area (Å²) in [5.74, 6) is 0.0854. The monoisotopic (exact) mass is 358 g/mol. The summed E-state index contributed by atoms with van der Waals surface area (Å²) in [5, 5.41) is 0. The summed E-state index contributed by atoms with van der Waals surface area (Å²) in [4.78, 5) is 30.0. The molecule has 3 rings (SSSR count). The normalized spacial score (nSPS) is 24.0. The Morgan fingerprint density at radius 3 is 2.46 bits per heavy atom. The number of benzene rings is 1. The van der Waals surface area contributed by atoms with E-state index in [0.29, 0.717) is 13.1 Å². The number of hydrogen-bond donors (Lipinski definition) is 0. The smallest absolute Gasteiger partial charge is 0.411 e. The summed E-state index contributed by atoms with van der Waals surface area (Å²) in [5.41, 5.74) is -0.161. The quantitative estimate of drug-likeness (QED) is 0.804. The summed E-state index contributed by atoms with van der Waals surface area (Å²) < 4.78 is 5.61. The third-order valence-corrected chi connectivity index (χ3v) is 5.27. The fourth-order valence-electron chi connectivity index (χ4n) is 4.12. The number of ether oxygens (including phenoxy) is 1. The van der Waals surface area contributed by atoms with Crippen molar-refractivity contribution in [3.05, 3.63) is 35.9 Å². The van der Waals surface area contributed by atoms with Gasteiger partial charge in [0.1, 0.15) is 11.1 Å². The van der Waals surface area contributed by atoms with Crippen LogP contribution in [0.5, 0.6) is 0 Å². The lowest BCUT2D eigenvalue weighted by Crippen LogP contribution is -2.58. The SMILES string of the molecule is CC(C)(C)OC(=O)N1CCC[C@]12CCCCN(Cc1ccccc1)C2=O. The molecule has 1 spiro atoms. The maximum Gasteiger partial charge on any atom is 0.411 e. The van der Waals surface area contributed by atoms with Crippen LogP contribution in [0.25, 0.3) is 0 Å². The molecule has 5 nitrogen and oxygen atoms in total. The molecule has 1 aromatic carbocycles. The molecule has 5 heteroatoms. The first kappa shape index (κ1) is 18.7. The molecule has 0 unspecified atom stereocenters. The van der Waals surface area contributed by atoms with Crippen molar-refractivity contribution >= 4 is 12.0 Å². The summed E-state index contributed by atoms with van der Waals surface area (Å²) in [6.45, 7) is 7.54. The maximum atomic E-state index is 13.5. The number of carbonyl (C=O) groups excluding carboxylic acids is 2. The molecule has 2 fully saturated rings. The summed E-state index contributed by atoms with van der Waals surface area (Å²) in [6.07, 6.45) is 3.89. The molecular formula is C21H30N2O3. The number of rotatable bonds is 2. The molecule has 1 aromatic rings. The number of amides is 2. The van der Waals surface area contributed by atoms with Gasteiger partial charge in [-0.1, -0.05) is 30.3 Å². The Bertz CT molecular complexity index is 653. The molecule has 0 bridgehead atoms. The highest BCUT2D eigenvalue weighted by atomic mass is 16.6. The van der Waals surface area contributed by atoms with Gasteiger partial charge in [-0.05, 0) is 58.4 Å². The van der Waals surface area contributed by atoms with Crippen molar-refractivity contribution in [2.45, 2.75) is 70.6 Å². The third-order valence-electron chi connectivity index (χ3n) is 5.27. The topological polar surface area (TPSA) is 49.9 Å². The first-order valence-corrected chi connectivity index (χ1v) is 9.66. The number of likely N-dealkylation sites (tertiary alicyclic amines) is 2. The van der Waals surface area contributed by atoms with Crippen molar-refractivity contribution in [2.75, 3.05) is 13.1 Å². The van der Waals surface area contributed by atoms with Crippen molar-refractivity contribution in [2.24, 2.45) is 0 Å². The van der Waals surface area contributed by atoms with E-state index in [2.05, 4.69) is 0 Å². The summed E-state index contributed by atoms with van der Waals surface area (Å²) in [7, 11) is 0. The fourth-order valence-corrected chi connectivity index (χ4v) is 4.12. The molecule has 26 heavy (non-hydrogen) atoms. The molecule has 0 aromatic heterocycles. The minimum atomic E-state index is -0.729. The van der Waals surface area contributed by atoms with E-state index in [4.69, 9.17) is 4.74 Å². The first-order chi connectivity index (χ1) is 12.3. The van der Waals surface area contributed by atoms with Crippen LogP contribution in [0, 0.1) is 0 Å². The minimum absolute atomic E-state index is 0.0854. The second-order valence-corrected chi connectivity index (χ2v) is 8.44. The highest BCUT2D eigenvalue weighted by Crippen LogP contribution is 2.39. The van der Waals surface area contributed by atoms with E-state index in [-0.39, 0.29) is 12.0 Å². The maximum absolute atomic E-state index is 13.5. The van der Waals surface area contributed by atoms with Crippen molar-refractivity contribution in [3.63, 3.8) is 0 Å². The van der Waals surface area contributed by atoms with Gasteiger partial charge < -0.3 is 9.64 Å². The Kier molecular flexibility index (Phi) is 5.26. The molecule has 1 atom stereocenters. The molecule has 2 aliphatic heterocycles. The lowest BCUT2D eigenvalue weighted by Gasteiger charge is -2.39. The lowest BCUT2D eigenvalue weighted by atomic mass is 9.89. The zero-order valence-corrected chi connectivity index (χ0v) is 16.2. The van der Waals surface area contributed by atoms with Crippen LogP contribution >= 0.6 is 0 Å². The van der Waals surface area contributed by atoms with E-state index >= 15 is 0 Å². The van der Waals surface area contributed by atoms with Crippen LogP contribution in [-0.2, 0) is 16.1 Å². The molecule has 2 heterocycles. The Hall–Kier alpha value is -2.04. The van der Waals surface area contributed by atoms with Crippen LogP contribution in [0.3, 0.4) is 0 Å². The predicted octanol–water partition coefficient (Wildman–Crippen LogP) is 3.97. The van der Waals surface area contributed by atoms with Gasteiger partial charge >= 0.3 is 6.09 Å². The molecule has 2 saturated heterocycles.